The van der Waals surface area contributed by atoms with Crippen molar-refractivity contribution in [1.82, 2.24) is 9.55 Å². The molecule has 0 amide bonds. The van der Waals surface area contributed by atoms with Crippen LogP contribution in [-0.2, 0) is 6.54 Å². The van der Waals surface area contributed by atoms with Gasteiger partial charge in [-0.1, -0.05) is 54.1 Å². The van der Waals surface area contributed by atoms with Gasteiger partial charge in [0.15, 0.2) is 0 Å². The van der Waals surface area contributed by atoms with E-state index in [2.05, 4.69) is 54.8 Å². The maximum atomic E-state index is 5.87. The Balaban J connectivity index is 1.60. The molecule has 4 rings (SSSR count). The molecule has 0 aliphatic rings. The van der Waals surface area contributed by atoms with Crippen LogP contribution >= 0.6 is 0 Å². The highest BCUT2D eigenvalue weighted by molar-refractivity contribution is 5.81. The molecule has 0 radical (unpaired) electrons. The number of imidazole rings is 1. The summed E-state index contributed by atoms with van der Waals surface area (Å²) >= 11 is 0. The molecule has 4 aromatic rings. The quantitative estimate of drug-likeness (QED) is 0.409. The van der Waals surface area contributed by atoms with Gasteiger partial charge >= 0.3 is 0 Å². The molecule has 0 unspecified atom stereocenters. The Morgan fingerprint density at radius 1 is 0.889 bits per heavy atom. The van der Waals surface area contributed by atoms with Crippen molar-refractivity contribution in [2.75, 3.05) is 6.61 Å². The summed E-state index contributed by atoms with van der Waals surface area (Å²) in [5, 5.41) is 0. The Bertz CT molecular complexity index is 1050. The molecule has 0 N–H and O–H groups in total. The summed E-state index contributed by atoms with van der Waals surface area (Å²) in [6, 6.07) is 24.9. The number of aryl methyl sites for hydroxylation is 3. The summed E-state index contributed by atoms with van der Waals surface area (Å²) < 4.78 is 8.19. The average Bonchev–Trinajstić information content (AvgIpc) is 3.04. The molecule has 0 saturated carbocycles. The van der Waals surface area contributed by atoms with E-state index in [4.69, 9.17) is 9.72 Å². The third kappa shape index (κ3) is 3.72. The van der Waals surface area contributed by atoms with Crippen molar-refractivity contribution >= 4 is 11.0 Å². The monoisotopic (exact) mass is 356 g/mol. The smallest absolute Gasteiger partial charge is 0.141 e. The van der Waals surface area contributed by atoms with Gasteiger partial charge in [0.25, 0.3) is 0 Å². The lowest BCUT2D eigenvalue weighted by Gasteiger charge is -2.12. The second-order valence-electron chi connectivity index (χ2n) is 6.91. The van der Waals surface area contributed by atoms with E-state index in [0.717, 1.165) is 30.1 Å². The van der Waals surface area contributed by atoms with Crippen molar-refractivity contribution in [3.63, 3.8) is 0 Å². The maximum absolute atomic E-state index is 5.87. The van der Waals surface area contributed by atoms with Gasteiger partial charge < -0.3 is 9.30 Å². The van der Waals surface area contributed by atoms with Crippen LogP contribution in [0, 0.1) is 13.8 Å². The van der Waals surface area contributed by atoms with Crippen LogP contribution in [0.3, 0.4) is 0 Å². The molecule has 3 nitrogen and oxygen atoms in total. The lowest BCUT2D eigenvalue weighted by molar-refractivity contribution is 0.303. The van der Waals surface area contributed by atoms with Crippen LogP contribution in [0.5, 0.6) is 5.75 Å². The summed E-state index contributed by atoms with van der Waals surface area (Å²) in [4.78, 5) is 4.93. The van der Waals surface area contributed by atoms with Crippen molar-refractivity contribution in [1.29, 1.82) is 0 Å². The van der Waals surface area contributed by atoms with E-state index >= 15 is 0 Å². The molecule has 0 aliphatic heterocycles. The van der Waals surface area contributed by atoms with Gasteiger partial charge in [-0.3, -0.25) is 0 Å². The molecule has 0 spiro atoms. The first-order valence-electron chi connectivity index (χ1n) is 9.43. The Kier molecular flexibility index (Phi) is 4.93. The largest absolute Gasteiger partial charge is 0.494 e. The van der Waals surface area contributed by atoms with Crippen LogP contribution in [-0.4, -0.2) is 16.2 Å². The molecule has 0 bridgehead atoms. The van der Waals surface area contributed by atoms with Gasteiger partial charge in [-0.05, 0) is 50.1 Å². The number of rotatable bonds is 6. The maximum Gasteiger partial charge on any atom is 0.141 e. The summed E-state index contributed by atoms with van der Waals surface area (Å²) in [6.07, 6.45) is 0.924. The molecule has 0 atom stereocenters. The Morgan fingerprint density at radius 2 is 1.67 bits per heavy atom. The highest BCUT2D eigenvalue weighted by Gasteiger charge is 2.14. The van der Waals surface area contributed by atoms with Gasteiger partial charge in [-0.2, -0.15) is 0 Å². The van der Waals surface area contributed by atoms with Crippen molar-refractivity contribution in [2.45, 2.75) is 26.8 Å². The number of benzene rings is 3. The molecule has 0 aliphatic carbocycles. The SMILES string of the molecule is Cc1ccc(-c2nc3ccccc3n2CCCOc2ccccc2)c(C)c1. The second kappa shape index (κ2) is 7.67. The van der Waals surface area contributed by atoms with E-state index in [9.17, 15) is 0 Å². The average molecular weight is 356 g/mol. The van der Waals surface area contributed by atoms with E-state index in [-0.39, 0.29) is 0 Å². The highest BCUT2D eigenvalue weighted by Crippen LogP contribution is 2.28. The van der Waals surface area contributed by atoms with Crippen LogP contribution in [0.2, 0.25) is 0 Å². The normalized spacial score (nSPS) is 11.0. The van der Waals surface area contributed by atoms with Gasteiger partial charge in [-0.25, -0.2) is 4.98 Å². The first-order valence-corrected chi connectivity index (χ1v) is 9.43. The predicted molar refractivity (Wildman–Crippen MR) is 111 cm³/mol. The Morgan fingerprint density at radius 3 is 2.48 bits per heavy atom. The number of aromatic nitrogens is 2. The van der Waals surface area contributed by atoms with Gasteiger partial charge in [-0.15, -0.1) is 0 Å². The number of hydrogen-bond acceptors (Lipinski definition) is 2. The predicted octanol–water partition coefficient (Wildman–Crippen LogP) is 5.79. The summed E-state index contributed by atoms with van der Waals surface area (Å²) in [6.45, 7) is 5.84. The molecule has 1 heterocycles. The molecule has 27 heavy (non-hydrogen) atoms. The van der Waals surface area contributed by atoms with Crippen molar-refractivity contribution in [3.8, 4) is 17.1 Å². The third-order valence-electron chi connectivity index (χ3n) is 4.82. The summed E-state index contributed by atoms with van der Waals surface area (Å²) in [5.74, 6) is 1.95. The van der Waals surface area contributed by atoms with E-state index in [1.165, 1.54) is 22.2 Å². The molecule has 0 fully saturated rings. The van der Waals surface area contributed by atoms with Crippen LogP contribution < -0.4 is 4.74 Å². The van der Waals surface area contributed by atoms with Crippen LogP contribution in [0.1, 0.15) is 17.5 Å². The lowest BCUT2D eigenvalue weighted by atomic mass is 10.1. The van der Waals surface area contributed by atoms with Crippen molar-refractivity contribution in [3.05, 3.63) is 83.9 Å². The summed E-state index contributed by atoms with van der Waals surface area (Å²) in [7, 11) is 0. The van der Waals surface area contributed by atoms with Crippen LogP contribution in [0.25, 0.3) is 22.4 Å². The lowest BCUT2D eigenvalue weighted by Crippen LogP contribution is -2.06. The molecule has 136 valence electrons. The Labute approximate surface area is 160 Å². The first kappa shape index (κ1) is 17.3. The fourth-order valence-electron chi connectivity index (χ4n) is 3.50. The number of ether oxygens (including phenoxy) is 1. The fraction of sp³-hybridized carbons (Fsp3) is 0.208. The molecule has 1 aromatic heterocycles. The zero-order valence-corrected chi connectivity index (χ0v) is 15.9. The van der Waals surface area contributed by atoms with Crippen molar-refractivity contribution < 1.29 is 4.74 Å². The number of nitrogens with zero attached hydrogens (tertiary/aromatic N) is 2. The number of para-hydroxylation sites is 3. The minimum absolute atomic E-state index is 0.683. The third-order valence-corrected chi connectivity index (χ3v) is 4.82. The second-order valence-corrected chi connectivity index (χ2v) is 6.91. The minimum Gasteiger partial charge on any atom is -0.494 e. The fourth-order valence-corrected chi connectivity index (χ4v) is 3.50. The van der Waals surface area contributed by atoms with Gasteiger partial charge in [0, 0.05) is 12.1 Å². The Hall–Kier alpha value is -3.07. The molecular formula is C24H24N2O. The number of hydrogen-bond donors (Lipinski definition) is 0. The van der Waals surface area contributed by atoms with E-state index < -0.39 is 0 Å². The standard InChI is InChI=1S/C24H24N2O/c1-18-13-14-21(19(2)17-18)24-25-22-11-6-7-12-23(22)26(24)15-8-16-27-20-9-4-3-5-10-20/h3-7,9-14,17H,8,15-16H2,1-2H3. The van der Waals surface area contributed by atoms with E-state index in [1.807, 2.05) is 36.4 Å². The minimum atomic E-state index is 0.683. The molecule has 3 heteroatoms. The number of fused-ring (bicyclic) bond motifs is 1. The van der Waals surface area contributed by atoms with Crippen LogP contribution in [0.15, 0.2) is 72.8 Å². The first-order chi connectivity index (χ1) is 13.2. The molecule has 3 aromatic carbocycles. The molecular weight excluding hydrogens is 332 g/mol. The van der Waals surface area contributed by atoms with Crippen molar-refractivity contribution in [2.24, 2.45) is 0 Å². The van der Waals surface area contributed by atoms with Crippen LogP contribution in [0.4, 0.5) is 0 Å². The zero-order chi connectivity index (χ0) is 18.6. The topological polar surface area (TPSA) is 27.1 Å². The summed E-state index contributed by atoms with van der Waals surface area (Å²) in [5.41, 5.74) is 5.94. The highest BCUT2D eigenvalue weighted by atomic mass is 16.5. The van der Waals surface area contributed by atoms with Gasteiger partial charge in [0.2, 0.25) is 0 Å². The van der Waals surface area contributed by atoms with Gasteiger partial charge in [0.05, 0.1) is 17.6 Å². The van der Waals surface area contributed by atoms with Gasteiger partial charge in [0.1, 0.15) is 11.6 Å². The zero-order valence-electron chi connectivity index (χ0n) is 15.9. The van der Waals surface area contributed by atoms with E-state index in [0.29, 0.717) is 6.61 Å². The van der Waals surface area contributed by atoms with E-state index in [1.54, 1.807) is 0 Å². The molecule has 0 saturated heterocycles.